The second-order valence-corrected chi connectivity index (χ2v) is 7.15. The summed E-state index contributed by atoms with van der Waals surface area (Å²) in [5.74, 6) is -0.712. The normalized spacial score (nSPS) is 19.6. The molecule has 20 heavy (non-hydrogen) atoms. The molecule has 0 radical (unpaired) electrons. The fraction of sp³-hybridized carbons (Fsp3) is 0.538. The quantitative estimate of drug-likeness (QED) is 0.866. The van der Waals surface area contributed by atoms with Crippen LogP contribution < -0.4 is 5.73 Å². The molecule has 2 heterocycles. The number of hydrogen-bond donors (Lipinski definition) is 1. The van der Waals surface area contributed by atoms with Gasteiger partial charge in [-0.15, -0.1) is 0 Å². The molecule has 0 aromatic carbocycles. The predicted molar refractivity (Wildman–Crippen MR) is 75.3 cm³/mol. The Hall–Kier alpha value is -1.47. The molecule has 1 aromatic heterocycles. The zero-order valence-electron chi connectivity index (χ0n) is 11.4. The van der Waals surface area contributed by atoms with E-state index < -0.39 is 15.9 Å². The number of amides is 1. The van der Waals surface area contributed by atoms with Gasteiger partial charge in [0, 0.05) is 25.5 Å². The van der Waals surface area contributed by atoms with E-state index in [4.69, 9.17) is 5.73 Å². The second kappa shape index (κ2) is 5.88. The van der Waals surface area contributed by atoms with Crippen molar-refractivity contribution in [2.45, 2.75) is 18.8 Å². The first-order chi connectivity index (χ1) is 9.39. The summed E-state index contributed by atoms with van der Waals surface area (Å²) < 4.78 is 24.4. The van der Waals surface area contributed by atoms with Crippen molar-refractivity contribution in [1.29, 1.82) is 0 Å². The van der Waals surface area contributed by atoms with Crippen LogP contribution in [0, 0.1) is 5.92 Å². The van der Waals surface area contributed by atoms with Gasteiger partial charge in [0.15, 0.2) is 0 Å². The third-order valence-corrected chi connectivity index (χ3v) is 5.09. The smallest absolute Gasteiger partial charge is 0.225 e. The van der Waals surface area contributed by atoms with Crippen molar-refractivity contribution in [3.8, 4) is 0 Å². The number of aromatic nitrogens is 1. The average molecular weight is 297 g/mol. The van der Waals surface area contributed by atoms with Crippen LogP contribution in [0.15, 0.2) is 24.5 Å². The van der Waals surface area contributed by atoms with Crippen molar-refractivity contribution >= 4 is 15.9 Å². The van der Waals surface area contributed by atoms with Gasteiger partial charge in [-0.3, -0.25) is 9.78 Å². The molecular weight excluding hydrogens is 278 g/mol. The highest BCUT2D eigenvalue weighted by Crippen LogP contribution is 2.32. The third kappa shape index (κ3) is 3.34. The van der Waals surface area contributed by atoms with Crippen LogP contribution in [0.3, 0.4) is 0 Å². The van der Waals surface area contributed by atoms with E-state index in [1.165, 1.54) is 10.6 Å². The van der Waals surface area contributed by atoms with Gasteiger partial charge >= 0.3 is 0 Å². The van der Waals surface area contributed by atoms with Crippen LogP contribution >= 0.6 is 0 Å². The molecule has 1 atom stereocenters. The van der Waals surface area contributed by atoms with Crippen LogP contribution in [-0.2, 0) is 14.8 Å². The predicted octanol–water partition coefficient (Wildman–Crippen LogP) is 0.322. The lowest BCUT2D eigenvalue weighted by molar-refractivity contribution is -0.120. The van der Waals surface area contributed by atoms with Crippen molar-refractivity contribution in [3.05, 3.63) is 30.1 Å². The first-order valence-corrected chi connectivity index (χ1v) is 8.39. The zero-order chi connectivity index (χ0) is 14.8. The largest absolute Gasteiger partial charge is 0.369 e. The van der Waals surface area contributed by atoms with Crippen LogP contribution in [0.1, 0.15) is 24.3 Å². The lowest BCUT2D eigenvalue weighted by Gasteiger charge is -2.33. The minimum absolute atomic E-state index is 0.0645. The fourth-order valence-corrected chi connectivity index (χ4v) is 3.64. The Morgan fingerprint density at radius 1 is 1.45 bits per heavy atom. The Morgan fingerprint density at radius 2 is 2.10 bits per heavy atom. The van der Waals surface area contributed by atoms with Crippen LogP contribution in [0.4, 0.5) is 0 Å². The summed E-state index contributed by atoms with van der Waals surface area (Å²) in [5, 5.41) is 0. The molecule has 1 aliphatic heterocycles. The van der Waals surface area contributed by atoms with Gasteiger partial charge in [0.05, 0.1) is 12.2 Å². The maximum Gasteiger partial charge on any atom is 0.225 e. The van der Waals surface area contributed by atoms with Gasteiger partial charge < -0.3 is 5.73 Å². The Morgan fingerprint density at radius 3 is 2.55 bits per heavy atom. The first-order valence-electron chi connectivity index (χ1n) is 6.54. The molecule has 1 fully saturated rings. The molecule has 1 aromatic rings. The maximum absolute atomic E-state index is 11.7. The molecule has 2 N–H and O–H groups in total. The summed E-state index contributed by atoms with van der Waals surface area (Å²) in [6.07, 6.45) is 5.78. The van der Waals surface area contributed by atoms with E-state index in [0.717, 1.165) is 5.56 Å². The highest BCUT2D eigenvalue weighted by atomic mass is 32.2. The van der Waals surface area contributed by atoms with E-state index in [1.54, 1.807) is 18.5 Å². The van der Waals surface area contributed by atoms with Crippen LogP contribution in [0.5, 0.6) is 0 Å². The maximum atomic E-state index is 11.7. The van der Waals surface area contributed by atoms with Crippen molar-refractivity contribution < 1.29 is 13.2 Å². The highest BCUT2D eigenvalue weighted by Gasteiger charge is 2.33. The molecule has 110 valence electrons. The minimum atomic E-state index is -3.16. The number of carbonyl (C=O) groups excluding carboxylic acids is 1. The van der Waals surface area contributed by atoms with Crippen molar-refractivity contribution in [1.82, 2.24) is 9.29 Å². The van der Waals surface area contributed by atoms with E-state index in [9.17, 15) is 13.2 Å². The number of carbonyl (C=O) groups is 1. The second-order valence-electron chi connectivity index (χ2n) is 5.17. The van der Waals surface area contributed by atoms with E-state index in [-0.39, 0.29) is 11.8 Å². The number of nitrogens with zero attached hydrogens (tertiary/aromatic N) is 2. The van der Waals surface area contributed by atoms with E-state index in [1.807, 2.05) is 6.07 Å². The summed E-state index contributed by atoms with van der Waals surface area (Å²) in [6, 6.07) is 3.61. The Kier molecular flexibility index (Phi) is 4.39. The molecule has 0 spiro atoms. The molecule has 1 aliphatic rings. The van der Waals surface area contributed by atoms with Crippen molar-refractivity contribution in [2.24, 2.45) is 11.7 Å². The number of nitrogens with two attached hydrogens (primary N) is 1. The van der Waals surface area contributed by atoms with Gasteiger partial charge in [-0.05, 0) is 30.4 Å². The molecule has 7 heteroatoms. The molecule has 1 amide bonds. The molecule has 0 bridgehead atoms. The van der Waals surface area contributed by atoms with E-state index in [2.05, 4.69) is 4.98 Å². The van der Waals surface area contributed by atoms with E-state index in [0.29, 0.717) is 25.9 Å². The van der Waals surface area contributed by atoms with Gasteiger partial charge in [0.2, 0.25) is 15.9 Å². The molecule has 0 aliphatic carbocycles. The molecule has 0 saturated carbocycles. The Bertz CT molecular complexity index is 566. The van der Waals surface area contributed by atoms with Gasteiger partial charge in [-0.1, -0.05) is 6.07 Å². The van der Waals surface area contributed by atoms with Gasteiger partial charge in [-0.2, -0.15) is 0 Å². The first kappa shape index (κ1) is 14.9. The van der Waals surface area contributed by atoms with Gasteiger partial charge in [0.25, 0.3) is 0 Å². The molecule has 1 unspecified atom stereocenters. The summed E-state index contributed by atoms with van der Waals surface area (Å²) in [6.45, 7) is 0.876. The Balaban J connectivity index is 2.12. The number of rotatable bonds is 4. The Labute approximate surface area is 119 Å². The summed E-state index contributed by atoms with van der Waals surface area (Å²) in [4.78, 5) is 15.8. The zero-order valence-corrected chi connectivity index (χ0v) is 12.2. The SMILES string of the molecule is CS(=O)(=O)N1CCC(C(C(N)=O)c2cccnc2)CC1. The summed E-state index contributed by atoms with van der Waals surface area (Å²) in [5.41, 5.74) is 6.32. The summed E-state index contributed by atoms with van der Waals surface area (Å²) in [7, 11) is -3.16. The lowest BCUT2D eigenvalue weighted by Crippen LogP contribution is -2.41. The number of pyridine rings is 1. The third-order valence-electron chi connectivity index (χ3n) is 3.79. The van der Waals surface area contributed by atoms with Crippen LogP contribution in [0.25, 0.3) is 0 Å². The average Bonchev–Trinajstić information content (AvgIpc) is 2.39. The van der Waals surface area contributed by atoms with Gasteiger partial charge in [-0.25, -0.2) is 12.7 Å². The number of sulfonamides is 1. The van der Waals surface area contributed by atoms with Crippen LogP contribution in [-0.4, -0.2) is 43.0 Å². The molecular formula is C13H19N3O3S. The van der Waals surface area contributed by atoms with Crippen molar-refractivity contribution in [3.63, 3.8) is 0 Å². The minimum Gasteiger partial charge on any atom is -0.369 e. The number of primary amides is 1. The number of piperidine rings is 1. The molecule has 6 nitrogen and oxygen atoms in total. The molecule has 2 rings (SSSR count). The standard InChI is InChI=1S/C13H19N3O3S/c1-20(18,19)16-7-4-10(5-8-16)12(13(14)17)11-3-2-6-15-9-11/h2-3,6,9-10,12H,4-5,7-8H2,1H3,(H2,14,17). The monoisotopic (exact) mass is 297 g/mol. The lowest BCUT2D eigenvalue weighted by atomic mass is 9.80. The topological polar surface area (TPSA) is 93.4 Å². The van der Waals surface area contributed by atoms with Crippen LogP contribution in [0.2, 0.25) is 0 Å². The van der Waals surface area contributed by atoms with Crippen molar-refractivity contribution in [2.75, 3.05) is 19.3 Å². The van der Waals surface area contributed by atoms with Gasteiger partial charge in [0.1, 0.15) is 0 Å². The molecule has 1 saturated heterocycles. The highest BCUT2D eigenvalue weighted by molar-refractivity contribution is 7.88. The van der Waals surface area contributed by atoms with E-state index >= 15 is 0 Å². The summed E-state index contributed by atoms with van der Waals surface area (Å²) >= 11 is 0. The number of hydrogen-bond acceptors (Lipinski definition) is 4. The fourth-order valence-electron chi connectivity index (χ4n) is 2.77.